The van der Waals surface area contributed by atoms with Gasteiger partial charge in [-0.05, 0) is 36.0 Å². The van der Waals surface area contributed by atoms with Gasteiger partial charge in [0.15, 0.2) is 0 Å². The number of hydrogen-bond acceptors (Lipinski definition) is 3. The van der Waals surface area contributed by atoms with Gasteiger partial charge in [0.25, 0.3) is 0 Å². The zero-order chi connectivity index (χ0) is 15.5. The Bertz CT molecular complexity index is 596. The minimum atomic E-state index is -3.52. The van der Waals surface area contributed by atoms with Crippen LogP contribution in [0.3, 0.4) is 0 Å². The van der Waals surface area contributed by atoms with Crippen LogP contribution in [0.2, 0.25) is 5.02 Å². The molecule has 1 saturated carbocycles. The van der Waals surface area contributed by atoms with E-state index in [2.05, 4.69) is 11.6 Å². The third-order valence-electron chi connectivity index (χ3n) is 4.30. The molecule has 0 radical (unpaired) electrons. The third-order valence-corrected chi connectivity index (χ3v) is 6.06. The van der Waals surface area contributed by atoms with Crippen LogP contribution in [0, 0.1) is 5.41 Å². The molecule has 0 aromatic heterocycles. The molecule has 0 aliphatic heterocycles. The first kappa shape index (κ1) is 16.7. The van der Waals surface area contributed by atoms with E-state index in [1.54, 1.807) is 12.1 Å². The van der Waals surface area contributed by atoms with Crippen molar-refractivity contribution in [3.63, 3.8) is 0 Å². The standard InChI is InChI=1S/C15H23ClN2O2S/c1-15(7-3-2-4-8-15)11-18-21(19,20)13-6-5-12(10-17)14(16)9-13/h5-6,9,18H,2-4,7-8,10-11,17H2,1H3. The molecule has 1 fully saturated rings. The first-order valence-electron chi connectivity index (χ1n) is 7.34. The zero-order valence-corrected chi connectivity index (χ0v) is 13.9. The molecule has 1 aromatic carbocycles. The lowest BCUT2D eigenvalue weighted by atomic mass is 9.76. The summed E-state index contributed by atoms with van der Waals surface area (Å²) in [4.78, 5) is 0.198. The Hall–Kier alpha value is -0.620. The first-order valence-corrected chi connectivity index (χ1v) is 9.21. The number of nitrogens with two attached hydrogens (primary N) is 1. The molecule has 1 aliphatic rings. The Morgan fingerprint density at radius 3 is 2.52 bits per heavy atom. The summed E-state index contributed by atoms with van der Waals surface area (Å²) in [6.07, 6.45) is 5.74. The largest absolute Gasteiger partial charge is 0.326 e. The second-order valence-electron chi connectivity index (χ2n) is 6.15. The van der Waals surface area contributed by atoms with Gasteiger partial charge in [-0.25, -0.2) is 13.1 Å². The fourth-order valence-corrected chi connectivity index (χ4v) is 4.34. The average Bonchev–Trinajstić information content (AvgIpc) is 2.46. The molecule has 2 rings (SSSR count). The molecule has 3 N–H and O–H groups in total. The fourth-order valence-electron chi connectivity index (χ4n) is 2.80. The minimum absolute atomic E-state index is 0.0618. The molecule has 21 heavy (non-hydrogen) atoms. The Morgan fingerprint density at radius 2 is 1.95 bits per heavy atom. The topological polar surface area (TPSA) is 72.2 Å². The van der Waals surface area contributed by atoms with Crippen molar-refractivity contribution >= 4 is 21.6 Å². The zero-order valence-electron chi connectivity index (χ0n) is 12.4. The molecule has 0 amide bonds. The van der Waals surface area contributed by atoms with Gasteiger partial charge in [0, 0.05) is 18.1 Å². The van der Waals surface area contributed by atoms with Gasteiger partial charge in [-0.2, -0.15) is 0 Å². The molecule has 0 spiro atoms. The van der Waals surface area contributed by atoms with Gasteiger partial charge >= 0.3 is 0 Å². The van der Waals surface area contributed by atoms with Crippen molar-refractivity contribution in [1.82, 2.24) is 4.72 Å². The van der Waals surface area contributed by atoms with E-state index < -0.39 is 10.0 Å². The van der Waals surface area contributed by atoms with Crippen molar-refractivity contribution in [2.45, 2.75) is 50.5 Å². The quantitative estimate of drug-likeness (QED) is 0.871. The van der Waals surface area contributed by atoms with E-state index >= 15 is 0 Å². The monoisotopic (exact) mass is 330 g/mol. The van der Waals surface area contributed by atoms with Crippen LogP contribution in [0.15, 0.2) is 23.1 Å². The van der Waals surface area contributed by atoms with Crippen molar-refractivity contribution in [2.24, 2.45) is 11.1 Å². The van der Waals surface area contributed by atoms with Crippen molar-refractivity contribution in [3.05, 3.63) is 28.8 Å². The lowest BCUT2D eigenvalue weighted by Crippen LogP contribution is -2.37. The molecule has 0 heterocycles. The van der Waals surface area contributed by atoms with Crippen LogP contribution in [-0.2, 0) is 16.6 Å². The molecular weight excluding hydrogens is 308 g/mol. The van der Waals surface area contributed by atoms with E-state index in [1.807, 2.05) is 0 Å². The maximum absolute atomic E-state index is 12.4. The first-order chi connectivity index (χ1) is 9.86. The van der Waals surface area contributed by atoms with Crippen LogP contribution >= 0.6 is 11.6 Å². The highest BCUT2D eigenvalue weighted by Gasteiger charge is 2.28. The lowest BCUT2D eigenvalue weighted by Gasteiger charge is -2.33. The normalized spacial score (nSPS) is 18.6. The van der Waals surface area contributed by atoms with E-state index in [0.29, 0.717) is 18.1 Å². The Morgan fingerprint density at radius 1 is 1.29 bits per heavy atom. The van der Waals surface area contributed by atoms with Crippen molar-refractivity contribution in [3.8, 4) is 0 Å². The highest BCUT2D eigenvalue weighted by Crippen LogP contribution is 2.35. The van der Waals surface area contributed by atoms with Crippen LogP contribution in [-0.4, -0.2) is 15.0 Å². The van der Waals surface area contributed by atoms with E-state index in [-0.39, 0.29) is 10.3 Å². The lowest BCUT2D eigenvalue weighted by molar-refractivity contribution is 0.219. The summed E-state index contributed by atoms with van der Waals surface area (Å²) in [6.45, 7) is 2.93. The number of halogens is 1. The average molecular weight is 331 g/mol. The maximum Gasteiger partial charge on any atom is 0.240 e. The van der Waals surface area contributed by atoms with Crippen LogP contribution in [0.5, 0.6) is 0 Å². The summed E-state index contributed by atoms with van der Waals surface area (Å²) in [6, 6.07) is 4.69. The highest BCUT2D eigenvalue weighted by atomic mass is 35.5. The van der Waals surface area contributed by atoms with Crippen LogP contribution in [0.25, 0.3) is 0 Å². The van der Waals surface area contributed by atoms with Crippen molar-refractivity contribution in [1.29, 1.82) is 0 Å². The molecule has 118 valence electrons. The maximum atomic E-state index is 12.4. The molecule has 1 aliphatic carbocycles. The Balaban J connectivity index is 2.09. The van der Waals surface area contributed by atoms with Crippen LogP contribution in [0.4, 0.5) is 0 Å². The van der Waals surface area contributed by atoms with Gasteiger partial charge in [0.2, 0.25) is 10.0 Å². The number of rotatable bonds is 5. The Labute approximate surface area is 132 Å². The van der Waals surface area contributed by atoms with E-state index in [1.165, 1.54) is 25.3 Å². The van der Waals surface area contributed by atoms with E-state index in [4.69, 9.17) is 17.3 Å². The SMILES string of the molecule is CC1(CNS(=O)(=O)c2ccc(CN)c(Cl)c2)CCCCC1. The molecule has 6 heteroatoms. The molecular formula is C15H23ClN2O2S. The van der Waals surface area contributed by atoms with Gasteiger partial charge in [-0.3, -0.25) is 0 Å². The molecule has 0 saturated heterocycles. The van der Waals surface area contributed by atoms with Crippen LogP contribution < -0.4 is 10.5 Å². The number of sulfonamides is 1. The smallest absolute Gasteiger partial charge is 0.240 e. The van der Waals surface area contributed by atoms with Gasteiger partial charge < -0.3 is 5.73 Å². The number of hydrogen-bond donors (Lipinski definition) is 2. The summed E-state index contributed by atoms with van der Waals surface area (Å²) in [5.74, 6) is 0. The predicted molar refractivity (Wildman–Crippen MR) is 85.7 cm³/mol. The van der Waals surface area contributed by atoms with E-state index in [9.17, 15) is 8.42 Å². The molecule has 4 nitrogen and oxygen atoms in total. The van der Waals surface area contributed by atoms with Crippen LogP contribution in [0.1, 0.15) is 44.6 Å². The van der Waals surface area contributed by atoms with Crippen molar-refractivity contribution < 1.29 is 8.42 Å². The molecule has 0 unspecified atom stereocenters. The predicted octanol–water partition coefficient (Wildman–Crippen LogP) is 3.05. The van der Waals surface area contributed by atoms with Gasteiger partial charge in [0.1, 0.15) is 0 Å². The molecule has 0 bridgehead atoms. The summed E-state index contributed by atoms with van der Waals surface area (Å²) in [5.41, 5.74) is 6.34. The number of nitrogens with one attached hydrogen (secondary N) is 1. The second-order valence-corrected chi connectivity index (χ2v) is 8.33. The van der Waals surface area contributed by atoms with Gasteiger partial charge in [-0.15, -0.1) is 0 Å². The fraction of sp³-hybridized carbons (Fsp3) is 0.600. The molecule has 0 atom stereocenters. The molecule has 1 aromatic rings. The Kier molecular flexibility index (Phi) is 5.30. The van der Waals surface area contributed by atoms with E-state index in [0.717, 1.165) is 18.4 Å². The third kappa shape index (κ3) is 4.19. The summed E-state index contributed by atoms with van der Waals surface area (Å²) >= 11 is 6.04. The summed E-state index contributed by atoms with van der Waals surface area (Å²) in [7, 11) is -3.52. The summed E-state index contributed by atoms with van der Waals surface area (Å²) < 4.78 is 27.5. The summed E-state index contributed by atoms with van der Waals surface area (Å²) in [5, 5.41) is 0.393. The highest BCUT2D eigenvalue weighted by molar-refractivity contribution is 7.89. The number of benzene rings is 1. The van der Waals surface area contributed by atoms with Gasteiger partial charge in [0.05, 0.1) is 4.90 Å². The van der Waals surface area contributed by atoms with Gasteiger partial charge in [-0.1, -0.05) is 43.9 Å². The minimum Gasteiger partial charge on any atom is -0.326 e. The second kappa shape index (κ2) is 6.65. The van der Waals surface area contributed by atoms with Crippen molar-refractivity contribution in [2.75, 3.05) is 6.54 Å².